The second kappa shape index (κ2) is 7.96. The number of hydrogen-bond donors (Lipinski definition) is 0. The monoisotopic (exact) mass is 451 g/mol. The van der Waals surface area contributed by atoms with Crippen LogP contribution in [-0.4, -0.2) is 72.1 Å². The van der Waals surface area contributed by atoms with Crippen LogP contribution in [0, 0.1) is 0 Å². The Hall–Kier alpha value is -3.36. The van der Waals surface area contributed by atoms with Gasteiger partial charge in [0.05, 0.1) is 18.8 Å². The number of methoxy groups -OCH3 is 1. The SMILES string of the molecule is COCCN1C(=O)C2C(N=C3N(c4ccc(Cl)cc4)C(c4ccccc4)=CN32)N(C)C1=O. The lowest BCUT2D eigenvalue weighted by Gasteiger charge is -2.40. The normalized spacial score (nSPS) is 22.2. The second-order valence-electron chi connectivity index (χ2n) is 7.76. The van der Waals surface area contributed by atoms with Gasteiger partial charge in [0.2, 0.25) is 5.96 Å². The van der Waals surface area contributed by atoms with Gasteiger partial charge in [-0.1, -0.05) is 41.9 Å². The summed E-state index contributed by atoms with van der Waals surface area (Å²) in [7, 11) is 3.22. The molecule has 164 valence electrons. The van der Waals surface area contributed by atoms with Crippen molar-refractivity contribution in [3.05, 3.63) is 71.4 Å². The summed E-state index contributed by atoms with van der Waals surface area (Å²) in [6.45, 7) is 0.472. The molecule has 0 radical (unpaired) electrons. The third-order valence-electron chi connectivity index (χ3n) is 5.88. The Morgan fingerprint density at radius 2 is 1.78 bits per heavy atom. The Morgan fingerprint density at radius 3 is 2.47 bits per heavy atom. The number of carbonyl (C=O) groups is 2. The van der Waals surface area contributed by atoms with Crippen molar-refractivity contribution in [2.24, 2.45) is 4.99 Å². The van der Waals surface area contributed by atoms with Crippen molar-refractivity contribution in [2.45, 2.75) is 12.2 Å². The highest BCUT2D eigenvalue weighted by Crippen LogP contribution is 2.40. The van der Waals surface area contributed by atoms with Gasteiger partial charge in [0.25, 0.3) is 5.91 Å². The van der Waals surface area contributed by atoms with E-state index in [1.54, 1.807) is 14.2 Å². The minimum Gasteiger partial charge on any atom is -0.383 e. The molecule has 3 aliphatic heterocycles. The van der Waals surface area contributed by atoms with Crippen LogP contribution in [-0.2, 0) is 9.53 Å². The molecule has 32 heavy (non-hydrogen) atoms. The largest absolute Gasteiger partial charge is 0.383 e. The molecular weight excluding hydrogens is 430 g/mol. The standard InChI is InChI=1S/C23H22ClN5O3/c1-26-20-19(21(30)27(23(26)31)12-13-32-2)28-14-18(15-6-4-3-5-7-15)29(22(28)25-20)17-10-8-16(24)9-11-17/h3-11,14,19-20H,12-13H2,1-2H3. The summed E-state index contributed by atoms with van der Waals surface area (Å²) in [6.07, 6.45) is 1.33. The maximum absolute atomic E-state index is 13.4. The maximum Gasteiger partial charge on any atom is 0.328 e. The highest BCUT2D eigenvalue weighted by Gasteiger charge is 2.54. The van der Waals surface area contributed by atoms with E-state index in [-0.39, 0.29) is 25.1 Å². The number of carbonyl (C=O) groups excluding carboxylic acids is 2. The summed E-state index contributed by atoms with van der Waals surface area (Å²) in [4.78, 5) is 37.7. The van der Waals surface area contributed by atoms with E-state index in [4.69, 9.17) is 21.3 Å². The Bertz CT molecular complexity index is 1120. The van der Waals surface area contributed by atoms with E-state index >= 15 is 0 Å². The number of halogens is 1. The van der Waals surface area contributed by atoms with Crippen molar-refractivity contribution in [2.75, 3.05) is 32.2 Å². The molecule has 2 atom stereocenters. The van der Waals surface area contributed by atoms with Crippen LogP contribution < -0.4 is 4.90 Å². The van der Waals surface area contributed by atoms with E-state index < -0.39 is 12.2 Å². The van der Waals surface area contributed by atoms with Gasteiger partial charge in [-0.05, 0) is 24.3 Å². The number of aliphatic imine (C=N–C) groups is 1. The molecule has 0 aromatic heterocycles. The molecule has 0 aliphatic carbocycles. The zero-order valence-electron chi connectivity index (χ0n) is 17.7. The first-order chi connectivity index (χ1) is 15.5. The van der Waals surface area contributed by atoms with E-state index in [0.29, 0.717) is 11.0 Å². The molecule has 2 unspecified atom stereocenters. The van der Waals surface area contributed by atoms with Crippen LogP contribution in [0.25, 0.3) is 5.70 Å². The Morgan fingerprint density at radius 1 is 1.06 bits per heavy atom. The number of likely N-dealkylation sites (N-methyl/N-ethyl adjacent to an activating group) is 1. The molecule has 3 heterocycles. The third-order valence-corrected chi connectivity index (χ3v) is 6.14. The molecule has 3 aliphatic rings. The molecule has 0 saturated carbocycles. The van der Waals surface area contributed by atoms with Crippen LogP contribution in [0.2, 0.25) is 5.02 Å². The maximum atomic E-state index is 13.4. The van der Waals surface area contributed by atoms with Crippen molar-refractivity contribution >= 4 is 40.9 Å². The van der Waals surface area contributed by atoms with Gasteiger partial charge < -0.3 is 9.64 Å². The number of anilines is 1. The summed E-state index contributed by atoms with van der Waals surface area (Å²) >= 11 is 6.12. The highest BCUT2D eigenvalue weighted by atomic mass is 35.5. The van der Waals surface area contributed by atoms with Crippen LogP contribution in [0.4, 0.5) is 10.5 Å². The van der Waals surface area contributed by atoms with E-state index in [9.17, 15) is 9.59 Å². The second-order valence-corrected chi connectivity index (χ2v) is 8.20. The summed E-state index contributed by atoms with van der Waals surface area (Å²) in [6, 6.07) is 16.4. The van der Waals surface area contributed by atoms with Gasteiger partial charge in [0, 0.05) is 36.6 Å². The van der Waals surface area contributed by atoms with Crippen LogP contribution in [0.15, 0.2) is 65.8 Å². The topological polar surface area (TPSA) is 68.7 Å². The Kier molecular flexibility index (Phi) is 5.11. The van der Waals surface area contributed by atoms with E-state index in [1.165, 1.54) is 9.80 Å². The molecule has 8 nitrogen and oxygen atoms in total. The van der Waals surface area contributed by atoms with Gasteiger partial charge >= 0.3 is 6.03 Å². The van der Waals surface area contributed by atoms with Crippen LogP contribution in [0.3, 0.4) is 0 Å². The number of benzene rings is 2. The minimum atomic E-state index is -0.638. The number of amides is 3. The van der Waals surface area contributed by atoms with Crippen molar-refractivity contribution in [3.8, 4) is 0 Å². The molecule has 1 saturated heterocycles. The Labute approximate surface area is 190 Å². The molecule has 2 aromatic carbocycles. The lowest BCUT2D eigenvalue weighted by Crippen LogP contribution is -2.64. The highest BCUT2D eigenvalue weighted by molar-refractivity contribution is 6.30. The summed E-state index contributed by atoms with van der Waals surface area (Å²) in [5, 5.41) is 0.631. The summed E-state index contributed by atoms with van der Waals surface area (Å²) < 4.78 is 5.10. The number of guanidine groups is 1. The fourth-order valence-electron chi connectivity index (χ4n) is 4.28. The van der Waals surface area contributed by atoms with E-state index in [2.05, 4.69) is 0 Å². The lowest BCUT2D eigenvalue weighted by atomic mass is 10.1. The van der Waals surface area contributed by atoms with Gasteiger partial charge in [-0.3, -0.25) is 19.5 Å². The number of fused-ring (bicyclic) bond motifs is 3. The first kappa shape index (κ1) is 20.5. The lowest BCUT2D eigenvalue weighted by molar-refractivity contribution is -0.137. The third kappa shape index (κ3) is 3.14. The zero-order chi connectivity index (χ0) is 22.4. The predicted octanol–water partition coefficient (Wildman–Crippen LogP) is 3.07. The van der Waals surface area contributed by atoms with Crippen molar-refractivity contribution in [1.29, 1.82) is 0 Å². The van der Waals surface area contributed by atoms with E-state index in [1.807, 2.05) is 70.6 Å². The first-order valence-electron chi connectivity index (χ1n) is 10.3. The molecule has 1 fully saturated rings. The molecule has 0 bridgehead atoms. The average molecular weight is 452 g/mol. The van der Waals surface area contributed by atoms with Gasteiger partial charge in [-0.15, -0.1) is 0 Å². The van der Waals surface area contributed by atoms with Crippen LogP contribution in [0.1, 0.15) is 5.56 Å². The number of urea groups is 1. The molecular formula is C23H22ClN5O3. The fraction of sp³-hybridized carbons (Fsp3) is 0.261. The molecule has 5 rings (SSSR count). The Balaban J connectivity index is 1.59. The molecule has 0 spiro atoms. The number of rotatable bonds is 5. The summed E-state index contributed by atoms with van der Waals surface area (Å²) in [5.74, 6) is 0.318. The molecule has 9 heteroatoms. The molecule has 2 aromatic rings. The van der Waals surface area contributed by atoms with E-state index in [0.717, 1.165) is 16.9 Å². The first-order valence-corrected chi connectivity index (χ1v) is 10.6. The van der Waals surface area contributed by atoms with Crippen LogP contribution >= 0.6 is 11.6 Å². The summed E-state index contributed by atoms with van der Waals surface area (Å²) in [5.41, 5.74) is 2.74. The van der Waals surface area contributed by atoms with Crippen molar-refractivity contribution in [1.82, 2.24) is 14.7 Å². The number of hydrogen-bond acceptors (Lipinski definition) is 6. The van der Waals surface area contributed by atoms with Gasteiger partial charge in [0.15, 0.2) is 12.2 Å². The zero-order valence-corrected chi connectivity index (χ0v) is 18.4. The van der Waals surface area contributed by atoms with Crippen LogP contribution in [0.5, 0.6) is 0 Å². The smallest absolute Gasteiger partial charge is 0.328 e. The van der Waals surface area contributed by atoms with Gasteiger partial charge in [-0.2, -0.15) is 0 Å². The quantitative estimate of drug-likeness (QED) is 0.698. The van der Waals surface area contributed by atoms with Crippen molar-refractivity contribution in [3.63, 3.8) is 0 Å². The molecule has 3 amide bonds. The number of ether oxygens (including phenoxy) is 1. The number of imide groups is 1. The minimum absolute atomic E-state index is 0.195. The molecule has 0 N–H and O–H groups in total. The average Bonchev–Trinajstić information content (AvgIpc) is 3.35. The van der Waals surface area contributed by atoms with Crippen molar-refractivity contribution < 1.29 is 14.3 Å². The van der Waals surface area contributed by atoms with Gasteiger partial charge in [-0.25, -0.2) is 9.79 Å². The predicted molar refractivity (Wildman–Crippen MR) is 122 cm³/mol. The number of nitrogens with zero attached hydrogens (tertiary/aromatic N) is 5. The van der Waals surface area contributed by atoms with Gasteiger partial charge in [0.1, 0.15) is 0 Å². The fourth-order valence-corrected chi connectivity index (χ4v) is 4.41.